The third-order valence-electron chi connectivity index (χ3n) is 7.02. The van der Waals surface area contributed by atoms with Gasteiger partial charge in [-0.3, -0.25) is 24.2 Å². The smallest absolute Gasteiger partial charge is 0.250 e. The van der Waals surface area contributed by atoms with Gasteiger partial charge in [-0.25, -0.2) is 4.39 Å². The van der Waals surface area contributed by atoms with Crippen molar-refractivity contribution >= 4 is 23.4 Å². The number of carbonyl (C=O) groups excluding carboxylic acids is 3. The molecule has 1 aromatic carbocycles. The summed E-state index contributed by atoms with van der Waals surface area (Å²) in [6.45, 7) is 4.42. The van der Waals surface area contributed by atoms with Gasteiger partial charge in [0.25, 0.3) is 0 Å². The minimum absolute atomic E-state index is 0.152. The molecule has 5 rings (SSSR count). The molecule has 1 spiro atoms. The second-order valence-electron chi connectivity index (χ2n) is 8.12. The van der Waals surface area contributed by atoms with Crippen molar-refractivity contribution in [3.8, 4) is 0 Å². The molecule has 5 atom stereocenters. The Morgan fingerprint density at radius 2 is 2.07 bits per heavy atom. The van der Waals surface area contributed by atoms with Crippen LogP contribution < -0.4 is 5.32 Å². The maximum absolute atomic E-state index is 14.1. The summed E-state index contributed by atoms with van der Waals surface area (Å²) in [5, 5.41) is 2.85. The van der Waals surface area contributed by atoms with Crippen molar-refractivity contribution in [3.63, 3.8) is 0 Å². The van der Waals surface area contributed by atoms with Crippen molar-refractivity contribution in [2.75, 3.05) is 11.9 Å². The minimum Gasteiger partial charge on any atom is -0.324 e. The average molecular weight is 371 g/mol. The van der Waals surface area contributed by atoms with Crippen LogP contribution in [0.25, 0.3) is 0 Å². The summed E-state index contributed by atoms with van der Waals surface area (Å²) in [6, 6.07) is 3.84. The van der Waals surface area contributed by atoms with Gasteiger partial charge in [0, 0.05) is 23.3 Å². The Labute approximate surface area is 156 Å². The topological polar surface area (TPSA) is 69.7 Å². The number of amides is 3. The van der Waals surface area contributed by atoms with Gasteiger partial charge in [-0.15, -0.1) is 0 Å². The van der Waals surface area contributed by atoms with Crippen LogP contribution in [0.3, 0.4) is 0 Å². The Hall–Kier alpha value is -2.28. The number of nitrogens with zero attached hydrogens (tertiary/aromatic N) is 2. The van der Waals surface area contributed by atoms with Gasteiger partial charge in [0.1, 0.15) is 11.4 Å². The van der Waals surface area contributed by atoms with E-state index in [9.17, 15) is 18.8 Å². The third kappa shape index (κ3) is 1.81. The Bertz CT molecular complexity index is 887. The number of hydrogen-bond acceptors (Lipinski definition) is 4. The molecule has 4 aliphatic heterocycles. The van der Waals surface area contributed by atoms with Gasteiger partial charge in [0.15, 0.2) is 0 Å². The van der Waals surface area contributed by atoms with Crippen LogP contribution in [-0.2, 0) is 19.9 Å². The summed E-state index contributed by atoms with van der Waals surface area (Å²) >= 11 is 0. The predicted octanol–water partition coefficient (Wildman–Crippen LogP) is 1.85. The van der Waals surface area contributed by atoms with Crippen molar-refractivity contribution in [1.29, 1.82) is 0 Å². The van der Waals surface area contributed by atoms with E-state index < -0.39 is 23.2 Å². The molecule has 27 heavy (non-hydrogen) atoms. The molecule has 142 valence electrons. The standard InChI is InChI=1S/C20H22FN3O3/c1-3-10(2)24-17(25)15-14-5-4-8-23(14)20(16(15)18(24)26)12-9-11(21)6-7-13(12)22-19(20)27/h6-7,9-10,14-16H,3-5,8H2,1-2H3,(H,22,27)/t10-,14-,15+,16-,20-/m0/s1. The molecule has 4 aliphatic rings. The second-order valence-corrected chi connectivity index (χ2v) is 8.12. The summed E-state index contributed by atoms with van der Waals surface area (Å²) in [6.07, 6.45) is 2.29. The van der Waals surface area contributed by atoms with Gasteiger partial charge < -0.3 is 5.32 Å². The van der Waals surface area contributed by atoms with E-state index in [1.54, 1.807) is 6.07 Å². The Morgan fingerprint density at radius 1 is 1.30 bits per heavy atom. The highest BCUT2D eigenvalue weighted by Gasteiger charge is 2.74. The molecule has 1 N–H and O–H groups in total. The molecule has 0 radical (unpaired) electrons. The summed E-state index contributed by atoms with van der Waals surface area (Å²) in [5.74, 6) is -2.54. The molecular weight excluding hydrogens is 349 g/mol. The lowest BCUT2D eigenvalue weighted by Gasteiger charge is -2.37. The maximum Gasteiger partial charge on any atom is 0.250 e. The summed E-state index contributed by atoms with van der Waals surface area (Å²) in [4.78, 5) is 43.3. The largest absolute Gasteiger partial charge is 0.324 e. The quantitative estimate of drug-likeness (QED) is 0.806. The number of fused-ring (bicyclic) bond motifs is 7. The highest BCUT2D eigenvalue weighted by molar-refractivity contribution is 6.15. The van der Waals surface area contributed by atoms with Crippen LogP contribution >= 0.6 is 0 Å². The molecule has 6 nitrogen and oxygen atoms in total. The monoisotopic (exact) mass is 371 g/mol. The van der Waals surface area contributed by atoms with Crippen molar-refractivity contribution in [2.24, 2.45) is 11.8 Å². The fourth-order valence-electron chi connectivity index (χ4n) is 5.81. The molecule has 3 amide bonds. The molecule has 0 saturated carbocycles. The van der Waals surface area contributed by atoms with E-state index in [0.717, 1.165) is 12.8 Å². The van der Waals surface area contributed by atoms with Crippen LogP contribution in [0.5, 0.6) is 0 Å². The lowest BCUT2D eigenvalue weighted by molar-refractivity contribution is -0.147. The van der Waals surface area contributed by atoms with Crippen molar-refractivity contribution in [1.82, 2.24) is 9.80 Å². The molecule has 0 aliphatic carbocycles. The number of imide groups is 1. The van der Waals surface area contributed by atoms with E-state index in [2.05, 4.69) is 5.32 Å². The Kier molecular flexibility index (Phi) is 3.36. The highest BCUT2D eigenvalue weighted by Crippen LogP contribution is 2.60. The molecule has 0 aromatic heterocycles. The number of rotatable bonds is 2. The molecule has 0 bridgehead atoms. The zero-order valence-electron chi connectivity index (χ0n) is 15.4. The zero-order chi connectivity index (χ0) is 19.1. The SMILES string of the molecule is CC[C@H](C)N1C(=O)[C@H]2[C@@H](C1=O)[C@@]1(C(=O)Nc3ccc(F)cc31)N1CCC[C@@H]21. The van der Waals surface area contributed by atoms with Crippen LogP contribution in [0.4, 0.5) is 10.1 Å². The lowest BCUT2D eigenvalue weighted by atomic mass is 9.75. The van der Waals surface area contributed by atoms with Crippen molar-refractivity contribution in [2.45, 2.75) is 50.7 Å². The number of hydrogen-bond donors (Lipinski definition) is 1. The molecule has 3 fully saturated rings. The van der Waals surface area contributed by atoms with E-state index in [1.807, 2.05) is 18.7 Å². The van der Waals surface area contributed by atoms with Crippen molar-refractivity contribution in [3.05, 3.63) is 29.6 Å². The van der Waals surface area contributed by atoms with Crippen LogP contribution in [0.2, 0.25) is 0 Å². The first-order valence-electron chi connectivity index (χ1n) is 9.68. The fourth-order valence-corrected chi connectivity index (χ4v) is 5.81. The van der Waals surface area contributed by atoms with Gasteiger partial charge in [-0.1, -0.05) is 6.92 Å². The highest BCUT2D eigenvalue weighted by atomic mass is 19.1. The molecule has 4 heterocycles. The van der Waals surface area contributed by atoms with E-state index in [-0.39, 0.29) is 29.8 Å². The first kappa shape index (κ1) is 16.9. The van der Waals surface area contributed by atoms with Gasteiger partial charge in [-0.2, -0.15) is 0 Å². The first-order valence-corrected chi connectivity index (χ1v) is 9.68. The predicted molar refractivity (Wildman–Crippen MR) is 95.0 cm³/mol. The Balaban J connectivity index is 1.74. The van der Waals surface area contributed by atoms with Crippen molar-refractivity contribution < 1.29 is 18.8 Å². The number of carbonyl (C=O) groups is 3. The van der Waals surface area contributed by atoms with E-state index in [4.69, 9.17) is 0 Å². The molecule has 7 heteroatoms. The summed E-state index contributed by atoms with van der Waals surface area (Å²) in [5.41, 5.74) is -0.243. The van der Waals surface area contributed by atoms with E-state index >= 15 is 0 Å². The molecule has 1 aromatic rings. The Morgan fingerprint density at radius 3 is 2.81 bits per heavy atom. The number of nitrogens with one attached hydrogen (secondary N) is 1. The number of benzene rings is 1. The third-order valence-corrected chi connectivity index (χ3v) is 7.02. The molecule has 3 saturated heterocycles. The van der Waals surface area contributed by atoms with E-state index in [0.29, 0.717) is 24.2 Å². The number of halogens is 1. The summed E-state index contributed by atoms with van der Waals surface area (Å²) < 4.78 is 14.1. The maximum atomic E-state index is 14.1. The zero-order valence-corrected chi connectivity index (χ0v) is 15.4. The number of anilines is 1. The van der Waals surface area contributed by atoms with Crippen LogP contribution in [0, 0.1) is 17.7 Å². The van der Waals surface area contributed by atoms with Crippen LogP contribution in [-0.4, -0.2) is 46.1 Å². The van der Waals surface area contributed by atoms with E-state index in [1.165, 1.54) is 17.0 Å². The van der Waals surface area contributed by atoms with Gasteiger partial charge >= 0.3 is 0 Å². The van der Waals surface area contributed by atoms with Crippen LogP contribution in [0.1, 0.15) is 38.7 Å². The van der Waals surface area contributed by atoms with Crippen LogP contribution in [0.15, 0.2) is 18.2 Å². The molecular formula is C20H22FN3O3. The average Bonchev–Trinajstić information content (AvgIpc) is 3.33. The fraction of sp³-hybridized carbons (Fsp3) is 0.550. The van der Waals surface area contributed by atoms with Gasteiger partial charge in [0.2, 0.25) is 17.7 Å². The second kappa shape index (κ2) is 5.38. The van der Waals surface area contributed by atoms with Gasteiger partial charge in [-0.05, 0) is 50.9 Å². The summed E-state index contributed by atoms with van der Waals surface area (Å²) in [7, 11) is 0. The lowest BCUT2D eigenvalue weighted by Crippen LogP contribution is -2.54. The normalized spacial score (nSPS) is 35.6. The first-order chi connectivity index (χ1) is 12.9. The molecule has 0 unspecified atom stereocenters. The minimum atomic E-state index is -1.28. The van der Waals surface area contributed by atoms with Gasteiger partial charge in [0.05, 0.1) is 11.8 Å². The number of likely N-dealkylation sites (tertiary alicyclic amines) is 1.